The smallest absolute Gasteiger partial charge is 0.430 e. The normalized spacial score (nSPS) is 7.62. The Kier molecular flexibility index (Phi) is 4.27. The number of carbonyl (C=O) groups is 1. The summed E-state index contributed by atoms with van der Waals surface area (Å²) in [5, 5.41) is 0. The molecule has 0 fully saturated rings. The van der Waals surface area contributed by atoms with Gasteiger partial charge in [0.15, 0.2) is 0 Å². The van der Waals surface area contributed by atoms with Crippen LogP contribution in [0.1, 0.15) is 0 Å². The van der Waals surface area contributed by atoms with Gasteiger partial charge < -0.3 is 9.26 Å². The summed E-state index contributed by atoms with van der Waals surface area (Å²) in [6.07, 6.45) is 0.747. The minimum atomic E-state index is -0.713. The fourth-order valence-corrected chi connectivity index (χ4v) is 0.229. The van der Waals surface area contributed by atoms with E-state index in [1.165, 1.54) is 6.08 Å². The van der Waals surface area contributed by atoms with Crippen molar-refractivity contribution < 1.29 is 14.1 Å². The molecule has 4 heteroatoms. The van der Waals surface area contributed by atoms with Gasteiger partial charge in [-0.2, -0.15) is 0 Å². The zero-order valence-corrected chi connectivity index (χ0v) is 5.45. The maximum Gasteiger partial charge on any atom is 0.510 e. The molecule has 0 amide bonds. The molecule has 46 valence electrons. The summed E-state index contributed by atoms with van der Waals surface area (Å²) in [6, 6.07) is 0. The molecule has 0 aliphatic heterocycles. The van der Waals surface area contributed by atoms with Gasteiger partial charge in [0, 0.05) is 0 Å². The number of ether oxygens (including phenoxy) is 1. The van der Waals surface area contributed by atoms with Crippen molar-refractivity contribution in [3.63, 3.8) is 0 Å². The van der Waals surface area contributed by atoms with Gasteiger partial charge in [-0.05, 0) is 0 Å². The molecule has 0 aromatic carbocycles. The Bertz CT molecular complexity index is 91.3. The molecule has 0 spiro atoms. The van der Waals surface area contributed by atoms with Crippen molar-refractivity contribution in [3.8, 4) is 0 Å². The maximum atomic E-state index is 10.1. The standard InChI is InChI=1S/C4H7O3P/c1-2-3-6-4(5)7-8/h2H,1,3,8H2. The SMILES string of the molecule is C=CCOC(=O)OP. The summed E-state index contributed by atoms with van der Waals surface area (Å²) in [5.74, 6) is 0. The second-order valence-electron chi connectivity index (χ2n) is 0.968. The van der Waals surface area contributed by atoms with E-state index in [1.807, 2.05) is 0 Å². The van der Waals surface area contributed by atoms with Crippen LogP contribution in [0.2, 0.25) is 0 Å². The van der Waals surface area contributed by atoms with Crippen LogP contribution in [-0.4, -0.2) is 12.8 Å². The highest BCUT2D eigenvalue weighted by atomic mass is 31.0. The van der Waals surface area contributed by atoms with Gasteiger partial charge in [0.25, 0.3) is 0 Å². The Morgan fingerprint density at radius 3 is 2.88 bits per heavy atom. The number of rotatable bonds is 2. The zero-order valence-electron chi connectivity index (χ0n) is 4.29. The molecule has 0 aliphatic rings. The van der Waals surface area contributed by atoms with Crippen LogP contribution >= 0.6 is 9.47 Å². The van der Waals surface area contributed by atoms with Crippen molar-refractivity contribution in [3.05, 3.63) is 12.7 Å². The average Bonchev–Trinajstić information content (AvgIpc) is 1.83. The van der Waals surface area contributed by atoms with Crippen LogP contribution in [0.3, 0.4) is 0 Å². The van der Waals surface area contributed by atoms with Gasteiger partial charge in [0.2, 0.25) is 0 Å². The third kappa shape index (κ3) is 3.62. The van der Waals surface area contributed by atoms with E-state index in [4.69, 9.17) is 0 Å². The summed E-state index contributed by atoms with van der Waals surface area (Å²) in [4.78, 5) is 10.1. The largest absolute Gasteiger partial charge is 0.510 e. The van der Waals surface area contributed by atoms with Crippen molar-refractivity contribution in [1.82, 2.24) is 0 Å². The summed E-state index contributed by atoms with van der Waals surface area (Å²) in [5.41, 5.74) is 0. The fraction of sp³-hybridized carbons (Fsp3) is 0.250. The van der Waals surface area contributed by atoms with E-state index in [2.05, 4.69) is 15.8 Å². The first-order valence-electron chi connectivity index (χ1n) is 1.95. The summed E-state index contributed by atoms with van der Waals surface area (Å²) in [7, 11) is 1.78. The Morgan fingerprint density at radius 2 is 2.50 bits per heavy atom. The molecule has 8 heavy (non-hydrogen) atoms. The van der Waals surface area contributed by atoms with E-state index in [1.54, 1.807) is 9.47 Å². The van der Waals surface area contributed by atoms with Crippen molar-refractivity contribution in [1.29, 1.82) is 0 Å². The molecule has 0 saturated carbocycles. The Balaban J connectivity index is 3.11. The van der Waals surface area contributed by atoms with Crippen LogP contribution in [-0.2, 0) is 9.26 Å². The van der Waals surface area contributed by atoms with E-state index in [-0.39, 0.29) is 6.61 Å². The average molecular weight is 134 g/mol. The third-order valence-corrected chi connectivity index (χ3v) is 0.608. The lowest BCUT2D eigenvalue weighted by atomic mass is 10.7. The van der Waals surface area contributed by atoms with Gasteiger partial charge in [-0.1, -0.05) is 12.7 Å². The van der Waals surface area contributed by atoms with Crippen molar-refractivity contribution in [2.75, 3.05) is 6.61 Å². The summed E-state index contributed by atoms with van der Waals surface area (Å²) >= 11 is 0. The zero-order chi connectivity index (χ0) is 6.41. The summed E-state index contributed by atoms with van der Waals surface area (Å²) in [6.45, 7) is 3.52. The molecule has 0 bridgehead atoms. The maximum absolute atomic E-state index is 10.1. The van der Waals surface area contributed by atoms with Gasteiger partial charge in [0.1, 0.15) is 6.61 Å². The third-order valence-electron chi connectivity index (χ3n) is 0.415. The Hall–Kier alpha value is -0.560. The number of carbonyl (C=O) groups excluding carboxylic acids is 1. The second-order valence-corrected chi connectivity index (χ2v) is 1.20. The minimum Gasteiger partial charge on any atom is -0.430 e. The van der Waals surface area contributed by atoms with Crippen molar-refractivity contribution in [2.45, 2.75) is 0 Å². The molecule has 0 heterocycles. The van der Waals surface area contributed by atoms with E-state index >= 15 is 0 Å². The Labute approximate surface area is 49.9 Å². The van der Waals surface area contributed by atoms with Crippen LogP contribution in [0.15, 0.2) is 12.7 Å². The van der Waals surface area contributed by atoms with E-state index in [0.29, 0.717) is 0 Å². The van der Waals surface area contributed by atoms with Gasteiger partial charge in [-0.3, -0.25) is 0 Å². The van der Waals surface area contributed by atoms with E-state index in [0.717, 1.165) is 0 Å². The highest BCUT2D eigenvalue weighted by Gasteiger charge is 1.94. The molecule has 1 unspecified atom stereocenters. The van der Waals surface area contributed by atoms with Crippen LogP contribution < -0.4 is 0 Å². The lowest BCUT2D eigenvalue weighted by Crippen LogP contribution is -1.99. The highest BCUT2D eigenvalue weighted by molar-refractivity contribution is 7.10. The predicted octanol–water partition coefficient (Wildman–Crippen LogP) is 1.12. The lowest BCUT2D eigenvalue weighted by molar-refractivity contribution is 0.117. The van der Waals surface area contributed by atoms with Gasteiger partial charge in [0.05, 0.1) is 9.47 Å². The molecule has 0 N–H and O–H groups in total. The molecular weight excluding hydrogens is 127 g/mol. The van der Waals surface area contributed by atoms with E-state index in [9.17, 15) is 4.79 Å². The Morgan fingerprint density at radius 1 is 1.88 bits per heavy atom. The summed E-state index contributed by atoms with van der Waals surface area (Å²) < 4.78 is 8.40. The van der Waals surface area contributed by atoms with Crippen molar-refractivity contribution >= 4 is 15.6 Å². The first-order chi connectivity index (χ1) is 3.81. The van der Waals surface area contributed by atoms with Gasteiger partial charge >= 0.3 is 6.16 Å². The lowest BCUT2D eigenvalue weighted by Gasteiger charge is -1.95. The fourth-order valence-electron chi connectivity index (χ4n) is 0.161. The highest BCUT2D eigenvalue weighted by Crippen LogP contribution is 1.89. The molecule has 0 aromatic heterocycles. The number of hydrogen-bond donors (Lipinski definition) is 0. The molecule has 1 atom stereocenters. The topological polar surface area (TPSA) is 35.5 Å². The molecule has 0 aliphatic carbocycles. The van der Waals surface area contributed by atoms with Crippen molar-refractivity contribution in [2.24, 2.45) is 0 Å². The molecule has 0 saturated heterocycles. The first-order valence-corrected chi connectivity index (χ1v) is 2.42. The van der Waals surface area contributed by atoms with Crippen LogP contribution in [0, 0.1) is 0 Å². The quantitative estimate of drug-likeness (QED) is 0.322. The van der Waals surface area contributed by atoms with E-state index < -0.39 is 6.16 Å². The molecule has 0 radical (unpaired) electrons. The minimum absolute atomic E-state index is 0.188. The predicted molar refractivity (Wildman–Crippen MR) is 32.3 cm³/mol. The monoisotopic (exact) mass is 134 g/mol. The molecule has 3 nitrogen and oxygen atoms in total. The van der Waals surface area contributed by atoms with Gasteiger partial charge in [-0.15, -0.1) is 0 Å². The number of hydrogen-bond acceptors (Lipinski definition) is 3. The molecule has 0 rings (SSSR count). The molecule has 0 aromatic rings. The first kappa shape index (κ1) is 7.44. The van der Waals surface area contributed by atoms with Gasteiger partial charge in [-0.25, -0.2) is 4.79 Å². The second kappa shape index (κ2) is 4.60. The van der Waals surface area contributed by atoms with Crippen LogP contribution in [0.4, 0.5) is 4.79 Å². The molecular formula is C4H7O3P. The van der Waals surface area contributed by atoms with Crippen LogP contribution in [0.5, 0.6) is 0 Å². The van der Waals surface area contributed by atoms with Crippen LogP contribution in [0.25, 0.3) is 0 Å².